The number of amides is 4. The van der Waals surface area contributed by atoms with Gasteiger partial charge in [-0.25, -0.2) is 18.7 Å². The zero-order chi connectivity index (χ0) is 45.6. The summed E-state index contributed by atoms with van der Waals surface area (Å²) in [5.74, 6) is 0.177. The van der Waals surface area contributed by atoms with Crippen molar-refractivity contribution >= 4 is 46.0 Å². The fourth-order valence-corrected chi connectivity index (χ4v) is 10.7. The molecule has 5 aromatic rings. The standard InChI is InChI=1S/C49H56F2N10O5/c1-58(33-15-18-60(19-16-33)25-31-4-3-5-35-43(57-59(2)44(31)35)36-12-13-42(62)56-46(36)63)24-29-8-10-34(11-9-29)61-26-32-20-39(38(45(50)51)22-37(32)49(61)65)54-47(64)40-27-66-48(55-40)30-14-17-52-41(21-30)53-23-28-6-7-28/h3-5,14,17,20-22,27-29,33-34,36,45H,6-13,15-16,18-19,23-26H2,1-2H3,(H,52,53)(H,54,64)(H,56,62,63). The molecule has 0 bridgehead atoms. The van der Waals surface area contributed by atoms with Crippen molar-refractivity contribution in [3.8, 4) is 11.5 Å². The van der Waals surface area contributed by atoms with Gasteiger partial charge in [0.1, 0.15) is 12.1 Å². The Labute approximate surface area is 381 Å². The third-order valence-corrected chi connectivity index (χ3v) is 14.5. The molecule has 3 aromatic heterocycles. The second-order valence-electron chi connectivity index (χ2n) is 19.0. The normalized spacial score (nSPS) is 21.8. The van der Waals surface area contributed by atoms with E-state index >= 15 is 0 Å². The van der Waals surface area contributed by atoms with Gasteiger partial charge in [0, 0.05) is 80.0 Å². The quantitative estimate of drug-likeness (QED) is 0.0959. The van der Waals surface area contributed by atoms with Crippen LogP contribution in [0.5, 0.6) is 0 Å². The van der Waals surface area contributed by atoms with Crippen molar-refractivity contribution in [2.45, 2.75) is 102 Å². The molecule has 1 atom stereocenters. The van der Waals surface area contributed by atoms with Crippen LogP contribution in [0.3, 0.4) is 0 Å². The molecule has 4 amide bonds. The lowest BCUT2D eigenvalue weighted by Gasteiger charge is -2.40. The average Bonchev–Trinajstić information content (AvgIpc) is 3.75. The highest BCUT2D eigenvalue weighted by molar-refractivity contribution is 6.05. The van der Waals surface area contributed by atoms with Crippen LogP contribution in [0.25, 0.3) is 22.4 Å². The van der Waals surface area contributed by atoms with E-state index in [0.29, 0.717) is 54.2 Å². The second-order valence-corrected chi connectivity index (χ2v) is 19.0. The zero-order valence-electron chi connectivity index (χ0n) is 37.4. The lowest BCUT2D eigenvalue weighted by Crippen LogP contribution is -2.45. The maximum absolute atomic E-state index is 14.5. The summed E-state index contributed by atoms with van der Waals surface area (Å²) in [4.78, 5) is 67.1. The number of oxazole rings is 1. The first-order valence-corrected chi connectivity index (χ1v) is 23.4. The predicted molar refractivity (Wildman–Crippen MR) is 243 cm³/mol. The van der Waals surface area contributed by atoms with E-state index in [2.05, 4.69) is 48.8 Å². The maximum atomic E-state index is 14.5. The van der Waals surface area contributed by atoms with Gasteiger partial charge in [-0.05, 0) is 125 Å². The van der Waals surface area contributed by atoms with E-state index in [1.807, 2.05) is 28.8 Å². The van der Waals surface area contributed by atoms with Crippen molar-refractivity contribution in [3.63, 3.8) is 0 Å². The first-order chi connectivity index (χ1) is 31.9. The van der Waals surface area contributed by atoms with Crippen molar-refractivity contribution in [1.29, 1.82) is 0 Å². The Hall–Kier alpha value is -6.07. The van der Waals surface area contributed by atoms with Crippen LogP contribution in [0.2, 0.25) is 0 Å². The summed E-state index contributed by atoms with van der Waals surface area (Å²) < 4.78 is 36.5. The molecule has 3 N–H and O–H groups in total. The molecular formula is C49H56F2N10O5. The van der Waals surface area contributed by atoms with Gasteiger partial charge >= 0.3 is 0 Å². The average molecular weight is 903 g/mol. The SMILES string of the molecule is CN(CC1CCC(N2Cc3cc(NC(=O)c4coc(-c5ccnc(NCC6CC6)c5)n4)c(C(F)F)cc3C2=O)CC1)C1CCN(Cc2cccc3c(C4CCC(=O)NC4=O)nn(C)c23)CC1. The molecule has 66 heavy (non-hydrogen) atoms. The lowest BCUT2D eigenvalue weighted by molar-refractivity contribution is -0.134. The molecule has 5 aliphatic rings. The minimum Gasteiger partial charge on any atom is -0.444 e. The van der Waals surface area contributed by atoms with Crippen LogP contribution in [-0.4, -0.2) is 103 Å². The van der Waals surface area contributed by atoms with Crippen LogP contribution in [0.15, 0.2) is 59.3 Å². The number of alkyl halides is 2. The molecule has 346 valence electrons. The number of aromatic nitrogens is 4. The third-order valence-electron chi connectivity index (χ3n) is 14.5. The van der Waals surface area contributed by atoms with Crippen LogP contribution in [0.4, 0.5) is 20.3 Å². The van der Waals surface area contributed by atoms with Crippen molar-refractivity contribution in [2.75, 3.05) is 43.9 Å². The van der Waals surface area contributed by atoms with Crippen molar-refractivity contribution in [3.05, 3.63) is 88.6 Å². The largest absolute Gasteiger partial charge is 0.444 e. The number of likely N-dealkylation sites (tertiary alicyclic amines) is 1. The first kappa shape index (κ1) is 43.8. The van der Waals surface area contributed by atoms with E-state index in [-0.39, 0.29) is 46.6 Å². The number of carbonyl (C=O) groups is 4. The number of pyridine rings is 1. The molecular weight excluding hydrogens is 847 g/mol. The number of piperidine rings is 2. The highest BCUT2D eigenvalue weighted by atomic mass is 19.3. The molecule has 15 nitrogen and oxygen atoms in total. The highest BCUT2D eigenvalue weighted by Crippen LogP contribution is 2.39. The van der Waals surface area contributed by atoms with Crippen molar-refractivity contribution < 1.29 is 32.4 Å². The monoisotopic (exact) mass is 902 g/mol. The Morgan fingerprint density at radius 3 is 2.53 bits per heavy atom. The Bertz CT molecular complexity index is 2660. The number of para-hydroxylation sites is 1. The van der Waals surface area contributed by atoms with Gasteiger partial charge < -0.3 is 24.9 Å². The minimum atomic E-state index is -2.91. The Kier molecular flexibility index (Phi) is 12.2. The molecule has 0 radical (unpaired) electrons. The van der Waals surface area contributed by atoms with Gasteiger partial charge in [0.05, 0.1) is 22.8 Å². The number of anilines is 2. The number of nitrogens with zero attached hydrogens (tertiary/aromatic N) is 7. The number of aryl methyl sites for hydroxylation is 1. The summed E-state index contributed by atoms with van der Waals surface area (Å²) in [5, 5.41) is 14.1. The van der Waals surface area contributed by atoms with E-state index in [0.717, 1.165) is 87.8 Å². The van der Waals surface area contributed by atoms with Crippen LogP contribution in [-0.2, 0) is 29.7 Å². The molecule has 3 aliphatic heterocycles. The first-order valence-electron chi connectivity index (χ1n) is 23.4. The van der Waals surface area contributed by atoms with E-state index in [4.69, 9.17) is 9.52 Å². The number of halogens is 2. The number of benzene rings is 2. The molecule has 2 aliphatic carbocycles. The molecule has 6 heterocycles. The number of imide groups is 1. The van der Waals surface area contributed by atoms with Gasteiger partial charge in [0.25, 0.3) is 18.2 Å². The van der Waals surface area contributed by atoms with Crippen LogP contribution >= 0.6 is 0 Å². The predicted octanol–water partition coefficient (Wildman–Crippen LogP) is 7.27. The summed E-state index contributed by atoms with van der Waals surface area (Å²) in [6, 6.07) is 13.0. The van der Waals surface area contributed by atoms with Gasteiger partial charge in [-0.3, -0.25) is 34.1 Å². The summed E-state index contributed by atoms with van der Waals surface area (Å²) in [6.45, 7) is 4.86. The molecule has 4 fully saturated rings. The topological polar surface area (TPSA) is 171 Å². The fourth-order valence-electron chi connectivity index (χ4n) is 10.7. The van der Waals surface area contributed by atoms with E-state index < -0.39 is 23.8 Å². The molecule has 2 aromatic carbocycles. The molecule has 10 rings (SSSR count). The molecule has 2 saturated heterocycles. The van der Waals surface area contributed by atoms with E-state index in [1.165, 1.54) is 36.8 Å². The Morgan fingerprint density at radius 2 is 1.77 bits per heavy atom. The summed E-state index contributed by atoms with van der Waals surface area (Å²) in [5.41, 5.74) is 3.93. The van der Waals surface area contributed by atoms with Crippen molar-refractivity contribution in [1.82, 2.24) is 39.8 Å². The highest BCUT2D eigenvalue weighted by Gasteiger charge is 2.38. The smallest absolute Gasteiger partial charge is 0.277 e. The third kappa shape index (κ3) is 9.06. The van der Waals surface area contributed by atoms with Gasteiger partial charge in [0.15, 0.2) is 5.69 Å². The number of hydrogen-bond donors (Lipinski definition) is 3. The molecule has 2 saturated carbocycles. The van der Waals surface area contributed by atoms with Gasteiger partial charge in [-0.15, -0.1) is 0 Å². The number of fused-ring (bicyclic) bond motifs is 2. The van der Waals surface area contributed by atoms with Crippen LogP contribution in [0, 0.1) is 11.8 Å². The lowest BCUT2D eigenvalue weighted by atomic mass is 9.84. The second kappa shape index (κ2) is 18.3. The Morgan fingerprint density at radius 1 is 0.985 bits per heavy atom. The molecule has 0 spiro atoms. The molecule has 1 unspecified atom stereocenters. The summed E-state index contributed by atoms with van der Waals surface area (Å²) in [7, 11) is 4.15. The summed E-state index contributed by atoms with van der Waals surface area (Å²) in [6.07, 6.45) is 8.87. The van der Waals surface area contributed by atoms with Crippen LogP contribution < -0.4 is 16.0 Å². The van der Waals surface area contributed by atoms with Gasteiger partial charge in [-0.1, -0.05) is 18.2 Å². The fraction of sp³-hybridized carbons (Fsp3) is 0.490. The van der Waals surface area contributed by atoms with E-state index in [1.54, 1.807) is 18.3 Å². The van der Waals surface area contributed by atoms with Crippen molar-refractivity contribution in [2.24, 2.45) is 18.9 Å². The molecule has 17 heteroatoms. The zero-order valence-corrected chi connectivity index (χ0v) is 37.4. The number of carbonyl (C=O) groups excluding carboxylic acids is 4. The van der Waals surface area contributed by atoms with Crippen LogP contribution in [0.1, 0.15) is 120 Å². The Balaban J connectivity index is 0.709. The number of nitrogens with one attached hydrogen (secondary N) is 3. The number of rotatable bonds is 14. The summed E-state index contributed by atoms with van der Waals surface area (Å²) >= 11 is 0. The number of hydrogen-bond acceptors (Lipinski definition) is 11. The van der Waals surface area contributed by atoms with Gasteiger partial charge in [0.2, 0.25) is 17.7 Å². The van der Waals surface area contributed by atoms with Gasteiger partial charge in [-0.2, -0.15) is 5.10 Å². The maximum Gasteiger partial charge on any atom is 0.277 e. The van der Waals surface area contributed by atoms with E-state index in [9.17, 15) is 28.0 Å². The minimum absolute atomic E-state index is 0.0119.